The van der Waals surface area contributed by atoms with Gasteiger partial charge in [0, 0.05) is 108 Å². The van der Waals surface area contributed by atoms with E-state index in [0.717, 1.165) is 4.59 Å². The third-order valence-corrected chi connectivity index (χ3v) is 26.2. The number of aliphatic hydroxyl groups excluding tert-OH is 6. The Kier molecular flexibility index (Phi) is 44.0. The van der Waals surface area contributed by atoms with Gasteiger partial charge in [0.15, 0.2) is 33.1 Å². The molecule has 0 aromatic carbocycles. The molecule has 4 radical (unpaired) electrons. The molecular weight excluding hydrogens is 1720 g/mol. The van der Waals surface area contributed by atoms with E-state index in [0.29, 0.717) is 57.6 Å². The number of carbonyl (C=O) groups excluding carboxylic acids is 2. The van der Waals surface area contributed by atoms with Gasteiger partial charge in [-0.05, 0) is 186 Å². The molecule has 0 unspecified atom stereocenters. The fourth-order valence-corrected chi connectivity index (χ4v) is 18.6. The van der Waals surface area contributed by atoms with E-state index in [1.807, 2.05) is 89.3 Å². The third-order valence-electron chi connectivity index (χ3n) is 26.2. The second-order valence-corrected chi connectivity index (χ2v) is 36.5. The SMILES string of the molecule is C#CCCN(C)[C@H]1C[C@@H](C)O[C@@H](O[C@@H]2[C@@H](C)[C@H](O[C@H]3C[C@@](C)(OC)[C@@H](O)[C@H](C)O3)[C@@H](C)C(=O)O[C@H](CC)[C@@](C)(O)[C@H](O)[C@@H](C)N(C)C[C@H](C)C[C@@]2(C)O)[C@@H]1O.[B]N=[N+]=[N-].[B]n1cc(CCN(C)[C@H]2C[C@@H](C)O[C@@H](O[C@@H]3[C@@H](C)[C@H](O[C@H]4C[C@@](C)(OC)[C@@H](O)[C@H](C)O4)[C@@H](C)C(=O)O[C@H](CC)[C@@](C)(O)[C@H](O)[C@@H](C)N(C)C[C@H](C)C[C@@]3(C)O)[C@@H]2O)nn1.[Cu][I]. The predicted molar refractivity (Wildman–Crippen MR) is 453 cm³/mol. The Morgan fingerprint density at radius 3 is 1.30 bits per heavy atom. The first kappa shape index (κ1) is 110. The van der Waals surface area contributed by atoms with Gasteiger partial charge in [-0.3, -0.25) is 14.5 Å². The quantitative estimate of drug-likeness (QED) is 0.0172. The zero-order valence-electron chi connectivity index (χ0n) is 75.9. The number of likely N-dealkylation sites (N-methyl/N-ethyl adjacent to an activating group) is 4. The van der Waals surface area contributed by atoms with Crippen LogP contribution in [0, 0.1) is 47.9 Å². The van der Waals surface area contributed by atoms with E-state index in [4.69, 9.17) is 76.8 Å². The van der Waals surface area contributed by atoms with Crippen LogP contribution in [0.15, 0.2) is 11.2 Å². The van der Waals surface area contributed by atoms with E-state index in [-0.39, 0.29) is 68.6 Å². The second-order valence-electron chi connectivity index (χ2n) is 36.5. The van der Waals surface area contributed by atoms with Crippen LogP contribution in [0.25, 0.3) is 10.4 Å². The Morgan fingerprint density at radius 2 is 0.983 bits per heavy atom. The number of carbonyl (C=O) groups is 2. The normalized spacial score (nSPS) is 44.1. The number of ether oxygens (including phenoxy) is 12. The molecule has 6 fully saturated rings. The molecule has 0 aliphatic carbocycles. The van der Waals surface area contributed by atoms with Gasteiger partial charge in [-0.2, -0.15) is 5.03 Å². The van der Waals surface area contributed by atoms with Crippen LogP contribution in [0.3, 0.4) is 0 Å². The zero-order chi connectivity index (χ0) is 91.6. The van der Waals surface area contributed by atoms with Crippen molar-refractivity contribution < 1.29 is 130 Å². The maximum atomic E-state index is 14.3. The molecule has 694 valence electrons. The van der Waals surface area contributed by atoms with E-state index in [1.54, 1.807) is 110 Å². The van der Waals surface area contributed by atoms with Crippen LogP contribution in [0.5, 0.6) is 0 Å². The van der Waals surface area contributed by atoms with Crippen LogP contribution < -0.4 is 0 Å². The molecule has 6 saturated heterocycles. The number of esters is 2. The summed E-state index contributed by atoms with van der Waals surface area (Å²) in [5.41, 5.74) is -1.000. The number of cyclic esters (lactones) is 2. The van der Waals surface area contributed by atoms with Crippen molar-refractivity contribution in [2.24, 2.45) is 40.5 Å². The summed E-state index contributed by atoms with van der Waals surface area (Å²) < 4.78 is 76.8. The summed E-state index contributed by atoms with van der Waals surface area (Å²) in [6, 6.07) is -1.85. The zero-order valence-corrected chi connectivity index (χ0v) is 79.0. The number of azide groups is 1. The minimum absolute atomic E-state index is 0.110. The topological polar surface area (TPSA) is 440 Å². The van der Waals surface area contributed by atoms with Crippen LogP contribution in [-0.2, 0) is 85.6 Å². The fourth-order valence-electron chi connectivity index (χ4n) is 18.6. The summed E-state index contributed by atoms with van der Waals surface area (Å²) in [7, 11) is 20.4. The monoisotopic (exact) mass is 1870 g/mol. The van der Waals surface area contributed by atoms with E-state index in [2.05, 4.69) is 46.9 Å². The molecule has 7 rings (SSSR count). The number of hydrogen-bond acceptors (Lipinski definition) is 31. The molecule has 6 aliphatic heterocycles. The van der Waals surface area contributed by atoms with Crippen LogP contribution in [0.1, 0.15) is 202 Å². The number of terminal acetylenes is 1. The maximum absolute atomic E-state index is 14.3. The summed E-state index contributed by atoms with van der Waals surface area (Å²) in [6.45, 7) is 37.0. The summed E-state index contributed by atoms with van der Waals surface area (Å²) in [4.78, 5) is 38.6. The summed E-state index contributed by atoms with van der Waals surface area (Å²) >= 11 is 5.87. The number of halogens is 1. The molecule has 7 heterocycles. The molecule has 38 heteroatoms. The van der Waals surface area contributed by atoms with Gasteiger partial charge in [-0.15, -0.1) is 17.4 Å². The summed E-state index contributed by atoms with van der Waals surface area (Å²) in [5, 5.41) is 128. The van der Waals surface area contributed by atoms with Crippen LogP contribution >= 0.6 is 20.3 Å². The Balaban J connectivity index is 0.000000474. The van der Waals surface area contributed by atoms with Gasteiger partial charge in [0.1, 0.15) is 60.0 Å². The van der Waals surface area contributed by atoms with Gasteiger partial charge in [-0.25, -0.2) is 0 Å². The first-order valence-corrected chi connectivity index (χ1v) is 45.3. The van der Waals surface area contributed by atoms with Gasteiger partial charge in [0.25, 0.3) is 7.98 Å². The standard InChI is InChI=1S/C41H74BN5O12.C41H74N2O12.BN3.Cu.HI/c1-14-30-41(10,53)34(49)26(6)46(12)20-22(2)18-39(8,52)36(59-38-32(48)29(17-23(3)55-38)45(11)16-15-28-21-47(42)44-43-28)24(4)33(25(5)37(51)57-30)58-31-19-40(9,54-13)35(50)27(7)56-31;1-15-17-18-42(12)29-19-24(4)51-38(32(29)44)55-36-25(5)33(54-31-21-40(10,50-14)35(46)28(8)52-31)26(6)37(47)53-30(16-2)41(11,49)34(45)27(7)43(13)22-23(3)20-39(36,9)48;1-3-4-2;;/h21-27,29-36,38,48-50,52-53H,14-20H2,1-13H3;1,23-36,38,44-46,48-49H,16-22H2,2-14H3;;;1H/q;;;+1;/p-1/t22-,23-,24+,25-,26-,27+,29+,30-,31+,32-,33+,34-,35+,36-,38+,39-,40-,41-;23-,24-,25+,26-,27-,28+,29+,30-,31+,32-,33+,34-,35+,36-,38+,39-,40-,41-;;;/m11.../s1. The average Bonchev–Trinajstić information content (AvgIpc) is 1.45. The third kappa shape index (κ3) is 28.4. The van der Waals surface area contributed by atoms with Crippen molar-refractivity contribution >= 4 is 48.2 Å². The van der Waals surface area contributed by atoms with Crippen LogP contribution in [0.2, 0.25) is 0 Å². The van der Waals surface area contributed by atoms with Crippen molar-refractivity contribution in [2.75, 3.05) is 68.6 Å². The van der Waals surface area contributed by atoms with Gasteiger partial charge >= 0.3 is 45.0 Å². The van der Waals surface area contributed by atoms with Gasteiger partial charge in [0.05, 0.1) is 88.8 Å². The van der Waals surface area contributed by atoms with Crippen molar-refractivity contribution in [1.82, 2.24) is 34.5 Å². The number of hydrogen-bond donors (Lipinski definition) is 10. The van der Waals surface area contributed by atoms with E-state index < -0.39 is 198 Å². The number of nitrogens with zero attached hydrogens (tertiary/aromatic N) is 10. The fraction of sp³-hybridized carbons (Fsp3) is 0.927. The molecule has 1 aromatic rings. The number of rotatable bonds is 19. The summed E-state index contributed by atoms with van der Waals surface area (Å²) in [6.07, 6.45) is -9.18. The molecular formula is C82H148B2CuIN10O24. The molecule has 0 saturated carbocycles. The average molecular weight is 1870 g/mol. The number of methoxy groups -OCH3 is 2. The van der Waals surface area contributed by atoms with Crippen molar-refractivity contribution in [3.8, 4) is 12.3 Å². The number of aliphatic hydroxyl groups is 10. The first-order chi connectivity index (χ1) is 55.7. The van der Waals surface area contributed by atoms with Gasteiger partial charge in [-0.1, -0.05) is 46.8 Å². The van der Waals surface area contributed by atoms with Crippen molar-refractivity contribution in [2.45, 2.75) is 383 Å². The minimum atomic E-state index is -1.82. The molecule has 0 spiro atoms. The summed E-state index contributed by atoms with van der Waals surface area (Å²) in [5.74, 6) is -2.74. The van der Waals surface area contributed by atoms with Crippen LogP contribution in [-0.4, -0.2) is 363 Å². The Hall–Kier alpha value is -2.63. The molecule has 0 bridgehead atoms. The molecule has 0 amide bonds. The Bertz CT molecular complexity index is 3330. The van der Waals surface area contributed by atoms with E-state index >= 15 is 0 Å². The van der Waals surface area contributed by atoms with E-state index in [1.165, 1.54) is 28.1 Å². The number of aromatic nitrogens is 3. The van der Waals surface area contributed by atoms with Crippen LogP contribution in [0.4, 0.5) is 0 Å². The second kappa shape index (κ2) is 48.1. The molecule has 10 N–H and O–H groups in total. The van der Waals surface area contributed by atoms with Crippen molar-refractivity contribution in [3.05, 3.63) is 22.3 Å². The molecule has 120 heavy (non-hydrogen) atoms. The first-order valence-electron chi connectivity index (χ1n) is 42.2. The predicted octanol–water partition coefficient (Wildman–Crippen LogP) is 4.59. The van der Waals surface area contributed by atoms with Gasteiger partial charge in [0.2, 0.25) is 0 Å². The molecule has 34 nitrogen and oxygen atoms in total. The molecule has 1 aromatic heterocycles. The van der Waals surface area contributed by atoms with Crippen molar-refractivity contribution in [1.29, 1.82) is 0 Å². The Labute approximate surface area is 735 Å². The van der Waals surface area contributed by atoms with Crippen molar-refractivity contribution in [3.63, 3.8) is 0 Å². The van der Waals surface area contributed by atoms with E-state index in [9.17, 15) is 60.7 Å². The van der Waals surface area contributed by atoms with Gasteiger partial charge < -0.3 is 127 Å². The Morgan fingerprint density at radius 1 is 0.625 bits per heavy atom. The molecule has 36 atom stereocenters. The molecule has 6 aliphatic rings.